The van der Waals surface area contributed by atoms with Crippen LogP contribution >= 0.6 is 0 Å². The summed E-state index contributed by atoms with van der Waals surface area (Å²) in [6, 6.07) is 6.99. The Balaban J connectivity index is 1.95. The second-order valence-electron chi connectivity index (χ2n) is 5.55. The minimum Gasteiger partial charge on any atom is -0.508 e. The quantitative estimate of drug-likeness (QED) is 0.883. The summed E-state index contributed by atoms with van der Waals surface area (Å²) < 4.78 is 5.18. The van der Waals surface area contributed by atoms with Gasteiger partial charge in [-0.1, -0.05) is 17.3 Å². The lowest BCUT2D eigenvalue weighted by Crippen LogP contribution is -2.35. The Morgan fingerprint density at radius 2 is 1.89 bits per heavy atom. The summed E-state index contributed by atoms with van der Waals surface area (Å²) in [7, 11) is 0. The number of aromatic hydroxyl groups is 1. The largest absolute Gasteiger partial charge is 0.508 e. The zero-order valence-electron chi connectivity index (χ0n) is 11.5. The third kappa shape index (κ3) is 4.37. The maximum atomic E-state index is 9.22. The topological polar surface area (TPSA) is 71.2 Å². The summed E-state index contributed by atoms with van der Waals surface area (Å²) in [6.45, 7) is 6.81. The van der Waals surface area contributed by atoms with Crippen molar-refractivity contribution in [1.29, 1.82) is 0 Å². The van der Waals surface area contributed by atoms with Crippen molar-refractivity contribution in [3.8, 4) is 5.75 Å². The van der Waals surface area contributed by atoms with E-state index in [1.54, 1.807) is 12.1 Å². The van der Waals surface area contributed by atoms with Crippen LogP contribution in [-0.2, 0) is 13.0 Å². The maximum Gasteiger partial charge on any atom is 0.240 e. The molecule has 0 aliphatic carbocycles. The summed E-state index contributed by atoms with van der Waals surface area (Å²) in [6.07, 6.45) is 0.597. The molecule has 0 fully saturated rings. The summed E-state index contributed by atoms with van der Waals surface area (Å²) >= 11 is 0. The molecule has 0 aliphatic rings. The predicted octanol–water partition coefficient (Wildman–Crippen LogP) is 2.25. The molecule has 19 heavy (non-hydrogen) atoms. The van der Waals surface area contributed by atoms with Gasteiger partial charge in [-0.2, -0.15) is 4.98 Å². The SMILES string of the molecule is CC(C)(C)NCc1nc(Cc2ccc(O)cc2)no1. The Morgan fingerprint density at radius 1 is 1.21 bits per heavy atom. The molecular weight excluding hydrogens is 242 g/mol. The maximum absolute atomic E-state index is 9.22. The smallest absolute Gasteiger partial charge is 0.240 e. The lowest BCUT2D eigenvalue weighted by atomic mass is 10.1. The lowest BCUT2D eigenvalue weighted by molar-refractivity contribution is 0.334. The molecule has 2 rings (SSSR count). The number of nitrogens with one attached hydrogen (secondary N) is 1. The lowest BCUT2D eigenvalue weighted by Gasteiger charge is -2.18. The zero-order chi connectivity index (χ0) is 13.9. The molecule has 2 N–H and O–H groups in total. The van der Waals surface area contributed by atoms with E-state index >= 15 is 0 Å². The molecule has 0 aliphatic heterocycles. The summed E-state index contributed by atoms with van der Waals surface area (Å²) in [5.74, 6) is 1.49. The standard InChI is InChI=1S/C14H19N3O2/c1-14(2,3)15-9-13-16-12(17-19-13)8-10-4-6-11(18)7-5-10/h4-7,15,18H,8-9H2,1-3H3. The van der Waals surface area contributed by atoms with E-state index < -0.39 is 0 Å². The fraction of sp³-hybridized carbons (Fsp3) is 0.429. The molecule has 2 aromatic rings. The molecule has 1 aromatic heterocycles. The molecule has 1 heterocycles. The van der Waals surface area contributed by atoms with Crippen molar-refractivity contribution in [1.82, 2.24) is 15.5 Å². The van der Waals surface area contributed by atoms with E-state index in [0.717, 1.165) is 5.56 Å². The Morgan fingerprint density at radius 3 is 2.53 bits per heavy atom. The first kappa shape index (κ1) is 13.5. The van der Waals surface area contributed by atoms with E-state index in [2.05, 4.69) is 36.2 Å². The second-order valence-corrected chi connectivity index (χ2v) is 5.55. The van der Waals surface area contributed by atoms with E-state index in [1.807, 2.05) is 12.1 Å². The van der Waals surface area contributed by atoms with Gasteiger partial charge in [-0.25, -0.2) is 0 Å². The minimum atomic E-state index is 0.0194. The van der Waals surface area contributed by atoms with Crippen molar-refractivity contribution in [2.75, 3.05) is 0 Å². The minimum absolute atomic E-state index is 0.0194. The number of benzene rings is 1. The molecule has 102 valence electrons. The van der Waals surface area contributed by atoms with Crippen LogP contribution in [-0.4, -0.2) is 20.8 Å². The molecule has 0 unspecified atom stereocenters. The van der Waals surface area contributed by atoms with Crippen LogP contribution in [0.3, 0.4) is 0 Å². The second kappa shape index (κ2) is 5.40. The number of phenolic OH excluding ortho intramolecular Hbond substituents is 1. The van der Waals surface area contributed by atoms with Crippen LogP contribution in [0.1, 0.15) is 38.0 Å². The molecular formula is C14H19N3O2. The van der Waals surface area contributed by atoms with E-state index in [0.29, 0.717) is 24.7 Å². The van der Waals surface area contributed by atoms with Crippen LogP contribution < -0.4 is 5.32 Å². The highest BCUT2D eigenvalue weighted by Gasteiger charge is 2.12. The van der Waals surface area contributed by atoms with Gasteiger partial charge in [-0.15, -0.1) is 0 Å². The third-order valence-electron chi connectivity index (χ3n) is 2.58. The van der Waals surface area contributed by atoms with Crippen LogP contribution in [0.5, 0.6) is 5.75 Å². The molecule has 0 bridgehead atoms. The van der Waals surface area contributed by atoms with Gasteiger partial charge in [-0.3, -0.25) is 0 Å². The molecule has 0 saturated heterocycles. The number of phenols is 1. The molecule has 5 nitrogen and oxygen atoms in total. The average molecular weight is 261 g/mol. The van der Waals surface area contributed by atoms with Crippen molar-refractivity contribution < 1.29 is 9.63 Å². The number of nitrogens with zero attached hydrogens (tertiary/aromatic N) is 2. The van der Waals surface area contributed by atoms with Crippen molar-refractivity contribution in [2.24, 2.45) is 0 Å². The fourth-order valence-corrected chi connectivity index (χ4v) is 1.57. The summed E-state index contributed by atoms with van der Waals surface area (Å²) in [4.78, 5) is 4.33. The highest BCUT2D eigenvalue weighted by Crippen LogP contribution is 2.12. The number of hydrogen-bond donors (Lipinski definition) is 2. The first-order chi connectivity index (χ1) is 8.92. The zero-order valence-corrected chi connectivity index (χ0v) is 11.5. The van der Waals surface area contributed by atoms with Gasteiger partial charge in [0.05, 0.1) is 6.54 Å². The van der Waals surface area contributed by atoms with Gasteiger partial charge < -0.3 is 14.9 Å². The molecule has 5 heteroatoms. The monoisotopic (exact) mass is 261 g/mol. The van der Waals surface area contributed by atoms with Crippen LogP contribution in [0.4, 0.5) is 0 Å². The van der Waals surface area contributed by atoms with E-state index in [4.69, 9.17) is 4.52 Å². The Bertz CT molecular complexity index is 526. The normalized spacial score (nSPS) is 11.7. The first-order valence-electron chi connectivity index (χ1n) is 6.27. The van der Waals surface area contributed by atoms with Crippen LogP contribution in [0.15, 0.2) is 28.8 Å². The van der Waals surface area contributed by atoms with Gasteiger partial charge in [0.25, 0.3) is 0 Å². The number of rotatable bonds is 4. The number of aromatic nitrogens is 2. The average Bonchev–Trinajstić information content (AvgIpc) is 2.77. The Labute approximate surface area is 112 Å². The Hall–Kier alpha value is -1.88. The van der Waals surface area contributed by atoms with Crippen molar-refractivity contribution in [2.45, 2.75) is 39.3 Å². The van der Waals surface area contributed by atoms with Crippen LogP contribution in [0.25, 0.3) is 0 Å². The summed E-state index contributed by atoms with van der Waals surface area (Å²) in [5, 5.41) is 16.5. The van der Waals surface area contributed by atoms with Crippen LogP contribution in [0, 0.1) is 0 Å². The number of hydrogen-bond acceptors (Lipinski definition) is 5. The highest BCUT2D eigenvalue weighted by molar-refractivity contribution is 5.27. The fourth-order valence-electron chi connectivity index (χ4n) is 1.57. The van der Waals surface area contributed by atoms with Gasteiger partial charge in [0.2, 0.25) is 5.89 Å². The van der Waals surface area contributed by atoms with Gasteiger partial charge in [0.1, 0.15) is 5.75 Å². The predicted molar refractivity (Wildman–Crippen MR) is 71.8 cm³/mol. The molecule has 0 saturated carbocycles. The van der Waals surface area contributed by atoms with Gasteiger partial charge in [0.15, 0.2) is 5.82 Å². The van der Waals surface area contributed by atoms with Crippen molar-refractivity contribution >= 4 is 0 Å². The Kier molecular flexibility index (Phi) is 3.85. The molecule has 0 amide bonds. The molecule has 0 spiro atoms. The van der Waals surface area contributed by atoms with Crippen molar-refractivity contribution in [3.05, 3.63) is 41.5 Å². The van der Waals surface area contributed by atoms with E-state index in [1.165, 1.54) is 0 Å². The van der Waals surface area contributed by atoms with Gasteiger partial charge >= 0.3 is 0 Å². The van der Waals surface area contributed by atoms with Gasteiger partial charge in [0, 0.05) is 12.0 Å². The molecule has 1 aromatic carbocycles. The molecule has 0 radical (unpaired) electrons. The van der Waals surface area contributed by atoms with Crippen molar-refractivity contribution in [3.63, 3.8) is 0 Å². The third-order valence-corrected chi connectivity index (χ3v) is 2.58. The highest BCUT2D eigenvalue weighted by atomic mass is 16.5. The molecule has 0 atom stereocenters. The van der Waals surface area contributed by atoms with Gasteiger partial charge in [-0.05, 0) is 38.5 Å². The summed E-state index contributed by atoms with van der Waals surface area (Å²) in [5.41, 5.74) is 1.06. The van der Waals surface area contributed by atoms with E-state index in [-0.39, 0.29) is 11.3 Å². The van der Waals surface area contributed by atoms with E-state index in [9.17, 15) is 5.11 Å². The van der Waals surface area contributed by atoms with Crippen LogP contribution in [0.2, 0.25) is 0 Å². The first-order valence-corrected chi connectivity index (χ1v) is 6.27.